The molecular weight excluding hydrogens is 268 g/mol. The number of hydrogen-bond acceptors (Lipinski definition) is 2. The van der Waals surface area contributed by atoms with Crippen molar-refractivity contribution in [3.63, 3.8) is 0 Å². The Morgan fingerprint density at radius 3 is 2.05 bits per heavy atom. The van der Waals surface area contributed by atoms with Gasteiger partial charge in [0.1, 0.15) is 0 Å². The SMILES string of the molecule is CCc1cc(C)c(C(=O)O)c(-c2ccccc2)c1C(=O)O. The molecule has 0 heterocycles. The van der Waals surface area contributed by atoms with E-state index in [1.807, 2.05) is 6.92 Å². The van der Waals surface area contributed by atoms with Crippen LogP contribution in [0.2, 0.25) is 0 Å². The Balaban J connectivity index is 2.95. The molecule has 0 atom stereocenters. The summed E-state index contributed by atoms with van der Waals surface area (Å²) in [7, 11) is 0. The highest BCUT2D eigenvalue weighted by Crippen LogP contribution is 2.33. The molecule has 2 N–H and O–H groups in total. The van der Waals surface area contributed by atoms with E-state index in [0.717, 1.165) is 0 Å². The van der Waals surface area contributed by atoms with Crippen molar-refractivity contribution in [3.8, 4) is 11.1 Å². The van der Waals surface area contributed by atoms with Crippen molar-refractivity contribution in [2.45, 2.75) is 20.3 Å². The lowest BCUT2D eigenvalue weighted by Crippen LogP contribution is -2.12. The summed E-state index contributed by atoms with van der Waals surface area (Å²) in [6.45, 7) is 3.55. The predicted octanol–water partition coefficient (Wildman–Crippen LogP) is 3.62. The average molecular weight is 284 g/mol. The number of carboxylic acid groups (broad SMARTS) is 2. The summed E-state index contributed by atoms with van der Waals surface area (Å²) in [5, 5.41) is 19.0. The lowest BCUT2D eigenvalue weighted by Gasteiger charge is -2.16. The number of carbonyl (C=O) groups is 2. The first-order valence-electron chi connectivity index (χ1n) is 6.65. The van der Waals surface area contributed by atoms with Crippen LogP contribution in [-0.4, -0.2) is 22.2 Å². The molecule has 0 amide bonds. The zero-order valence-corrected chi connectivity index (χ0v) is 11.9. The molecule has 0 fully saturated rings. The molecule has 0 aromatic heterocycles. The van der Waals surface area contributed by atoms with Crippen LogP contribution in [0.3, 0.4) is 0 Å². The fourth-order valence-electron chi connectivity index (χ4n) is 2.58. The Kier molecular flexibility index (Phi) is 4.08. The number of benzene rings is 2. The van der Waals surface area contributed by atoms with Crippen LogP contribution in [0.25, 0.3) is 11.1 Å². The van der Waals surface area contributed by atoms with Crippen molar-refractivity contribution < 1.29 is 19.8 Å². The fourth-order valence-corrected chi connectivity index (χ4v) is 2.58. The number of hydrogen-bond donors (Lipinski definition) is 2. The second-order valence-electron chi connectivity index (χ2n) is 4.81. The molecule has 0 saturated heterocycles. The van der Waals surface area contributed by atoms with E-state index < -0.39 is 11.9 Å². The molecular formula is C17H16O4. The van der Waals surface area contributed by atoms with Crippen molar-refractivity contribution >= 4 is 11.9 Å². The maximum Gasteiger partial charge on any atom is 0.336 e. The second kappa shape index (κ2) is 5.79. The van der Waals surface area contributed by atoms with Gasteiger partial charge in [0.25, 0.3) is 0 Å². The number of rotatable bonds is 4. The van der Waals surface area contributed by atoms with Gasteiger partial charge in [0.2, 0.25) is 0 Å². The van der Waals surface area contributed by atoms with E-state index in [0.29, 0.717) is 23.1 Å². The molecule has 2 rings (SSSR count). The number of carboxylic acids is 2. The monoisotopic (exact) mass is 284 g/mol. The van der Waals surface area contributed by atoms with E-state index in [1.54, 1.807) is 43.3 Å². The van der Waals surface area contributed by atoms with Gasteiger partial charge in [0.15, 0.2) is 0 Å². The van der Waals surface area contributed by atoms with Gasteiger partial charge in [-0.05, 0) is 30.0 Å². The third-order valence-corrected chi connectivity index (χ3v) is 3.48. The van der Waals surface area contributed by atoms with Gasteiger partial charge >= 0.3 is 11.9 Å². The Labute approximate surface area is 122 Å². The van der Waals surface area contributed by atoms with E-state index in [4.69, 9.17) is 0 Å². The van der Waals surface area contributed by atoms with Crippen LogP contribution in [0, 0.1) is 6.92 Å². The zero-order chi connectivity index (χ0) is 15.6. The summed E-state index contributed by atoms with van der Waals surface area (Å²) in [5.41, 5.74) is 2.23. The van der Waals surface area contributed by atoms with Crippen LogP contribution >= 0.6 is 0 Å². The number of aryl methyl sites for hydroxylation is 2. The van der Waals surface area contributed by atoms with Crippen LogP contribution in [0.4, 0.5) is 0 Å². The maximum atomic E-state index is 11.7. The van der Waals surface area contributed by atoms with Gasteiger partial charge in [-0.3, -0.25) is 0 Å². The molecule has 0 aliphatic heterocycles. The lowest BCUT2D eigenvalue weighted by molar-refractivity contribution is 0.0695. The second-order valence-corrected chi connectivity index (χ2v) is 4.81. The molecule has 0 bridgehead atoms. The largest absolute Gasteiger partial charge is 0.478 e. The summed E-state index contributed by atoms with van der Waals surface area (Å²) >= 11 is 0. The fraction of sp³-hybridized carbons (Fsp3) is 0.176. The normalized spacial score (nSPS) is 10.4. The maximum absolute atomic E-state index is 11.7. The molecule has 0 saturated carbocycles. The van der Waals surface area contributed by atoms with Gasteiger partial charge in [-0.25, -0.2) is 9.59 Å². The highest BCUT2D eigenvalue weighted by Gasteiger charge is 2.24. The van der Waals surface area contributed by atoms with E-state index in [1.165, 1.54) is 0 Å². The molecule has 4 heteroatoms. The molecule has 0 aliphatic carbocycles. The Morgan fingerprint density at radius 1 is 1.00 bits per heavy atom. The summed E-state index contributed by atoms with van der Waals surface area (Å²) in [6.07, 6.45) is 0.530. The van der Waals surface area contributed by atoms with Crippen LogP contribution in [0.15, 0.2) is 36.4 Å². The molecule has 0 aliphatic rings. The molecule has 0 unspecified atom stereocenters. The average Bonchev–Trinajstić information content (AvgIpc) is 2.46. The summed E-state index contributed by atoms with van der Waals surface area (Å²) in [5.74, 6) is -2.22. The Morgan fingerprint density at radius 2 is 1.57 bits per heavy atom. The minimum absolute atomic E-state index is 0.0517. The van der Waals surface area contributed by atoms with Crippen molar-refractivity contribution in [2.75, 3.05) is 0 Å². The van der Waals surface area contributed by atoms with Gasteiger partial charge < -0.3 is 10.2 Å². The van der Waals surface area contributed by atoms with Gasteiger partial charge in [-0.1, -0.05) is 43.3 Å². The van der Waals surface area contributed by atoms with E-state index >= 15 is 0 Å². The van der Waals surface area contributed by atoms with E-state index in [-0.39, 0.29) is 16.7 Å². The predicted molar refractivity (Wildman–Crippen MR) is 79.9 cm³/mol. The summed E-state index contributed by atoms with van der Waals surface area (Å²) in [6, 6.07) is 10.4. The molecule has 21 heavy (non-hydrogen) atoms. The van der Waals surface area contributed by atoms with Crippen LogP contribution in [0.1, 0.15) is 38.8 Å². The van der Waals surface area contributed by atoms with Crippen LogP contribution in [0.5, 0.6) is 0 Å². The first-order valence-corrected chi connectivity index (χ1v) is 6.65. The van der Waals surface area contributed by atoms with Gasteiger partial charge in [0.05, 0.1) is 11.1 Å². The highest BCUT2D eigenvalue weighted by molar-refractivity contribution is 6.06. The lowest BCUT2D eigenvalue weighted by atomic mass is 9.87. The van der Waals surface area contributed by atoms with Gasteiger partial charge in [-0.15, -0.1) is 0 Å². The summed E-state index contributed by atoms with van der Waals surface area (Å²) < 4.78 is 0. The van der Waals surface area contributed by atoms with E-state index in [2.05, 4.69) is 0 Å². The summed E-state index contributed by atoms with van der Waals surface area (Å²) in [4.78, 5) is 23.3. The molecule has 2 aromatic carbocycles. The minimum atomic E-state index is -1.11. The van der Waals surface area contributed by atoms with Crippen LogP contribution < -0.4 is 0 Å². The van der Waals surface area contributed by atoms with Crippen molar-refractivity contribution in [1.29, 1.82) is 0 Å². The Hall–Kier alpha value is -2.62. The van der Waals surface area contributed by atoms with E-state index in [9.17, 15) is 19.8 Å². The highest BCUT2D eigenvalue weighted by atomic mass is 16.4. The first-order chi connectivity index (χ1) is 9.97. The Bertz CT molecular complexity index is 702. The minimum Gasteiger partial charge on any atom is -0.478 e. The molecule has 0 spiro atoms. The topological polar surface area (TPSA) is 74.6 Å². The van der Waals surface area contributed by atoms with Crippen molar-refractivity contribution in [1.82, 2.24) is 0 Å². The molecule has 2 aromatic rings. The smallest absolute Gasteiger partial charge is 0.336 e. The number of aromatic carboxylic acids is 2. The third kappa shape index (κ3) is 2.65. The van der Waals surface area contributed by atoms with Crippen molar-refractivity contribution in [2.24, 2.45) is 0 Å². The van der Waals surface area contributed by atoms with Crippen molar-refractivity contribution in [3.05, 3.63) is 58.7 Å². The quantitative estimate of drug-likeness (QED) is 0.899. The zero-order valence-electron chi connectivity index (χ0n) is 11.9. The first kappa shape index (κ1) is 14.8. The molecule has 108 valence electrons. The van der Waals surface area contributed by atoms with Gasteiger partial charge in [-0.2, -0.15) is 0 Å². The van der Waals surface area contributed by atoms with Gasteiger partial charge in [0, 0.05) is 5.56 Å². The standard InChI is InChI=1S/C17H16O4/c1-3-11-9-10(2)13(16(18)19)14(15(11)17(20)21)12-7-5-4-6-8-12/h4-9H,3H2,1-2H3,(H,18,19)(H,20,21). The molecule has 0 radical (unpaired) electrons. The third-order valence-electron chi connectivity index (χ3n) is 3.48. The van der Waals surface area contributed by atoms with Crippen LogP contribution in [-0.2, 0) is 6.42 Å². The molecule has 4 nitrogen and oxygen atoms in total.